The first-order chi connectivity index (χ1) is 7.25. The number of nitrogens with zero attached hydrogens (tertiary/aromatic N) is 2. The number of carbonyl (C=O) groups excluding carboxylic acids is 1. The van der Waals surface area contributed by atoms with E-state index in [9.17, 15) is 4.79 Å². The van der Waals surface area contributed by atoms with Gasteiger partial charge in [0.15, 0.2) is 0 Å². The van der Waals surface area contributed by atoms with Crippen LogP contribution in [-0.2, 0) is 4.79 Å². The van der Waals surface area contributed by atoms with Crippen LogP contribution >= 0.6 is 12.4 Å². The number of hydrogen-bond acceptors (Lipinski definition) is 3. The van der Waals surface area contributed by atoms with Crippen LogP contribution in [0.1, 0.15) is 25.7 Å². The minimum Gasteiger partial charge on any atom is -0.342 e. The van der Waals surface area contributed by atoms with Crippen LogP contribution in [0.15, 0.2) is 0 Å². The molecule has 1 amide bonds. The lowest BCUT2D eigenvalue weighted by atomic mass is 10.1. The highest BCUT2D eigenvalue weighted by molar-refractivity contribution is 5.85. The van der Waals surface area contributed by atoms with E-state index in [0.29, 0.717) is 12.5 Å². The largest absolute Gasteiger partial charge is 0.342 e. The molecule has 0 saturated carbocycles. The van der Waals surface area contributed by atoms with Gasteiger partial charge in [0, 0.05) is 32.2 Å². The molecule has 0 aromatic heterocycles. The Hall–Kier alpha value is -0.320. The van der Waals surface area contributed by atoms with Gasteiger partial charge in [-0.25, -0.2) is 0 Å². The van der Waals surface area contributed by atoms with E-state index in [2.05, 4.69) is 4.90 Å². The van der Waals surface area contributed by atoms with Crippen molar-refractivity contribution < 1.29 is 4.79 Å². The molecule has 2 aliphatic rings. The van der Waals surface area contributed by atoms with Gasteiger partial charge in [0.2, 0.25) is 5.91 Å². The molecule has 16 heavy (non-hydrogen) atoms. The molecule has 0 spiro atoms. The summed E-state index contributed by atoms with van der Waals surface area (Å²) < 4.78 is 0. The lowest BCUT2D eigenvalue weighted by Gasteiger charge is -2.28. The molecule has 0 unspecified atom stereocenters. The summed E-state index contributed by atoms with van der Waals surface area (Å²) in [5, 5.41) is 0. The van der Waals surface area contributed by atoms with Gasteiger partial charge >= 0.3 is 0 Å². The van der Waals surface area contributed by atoms with Crippen molar-refractivity contribution in [2.45, 2.75) is 31.7 Å². The maximum atomic E-state index is 11.9. The SMILES string of the molecule is Cl.N[C@H]1CCN(CC(=O)N2CCCCC2)C1. The predicted molar refractivity (Wildman–Crippen MR) is 66.7 cm³/mol. The first-order valence-corrected chi connectivity index (χ1v) is 6.01. The van der Waals surface area contributed by atoms with Gasteiger partial charge < -0.3 is 10.6 Å². The standard InChI is InChI=1S/C11H21N3O.ClH/c12-10-4-7-13(8-10)9-11(15)14-5-2-1-3-6-14;/h10H,1-9,12H2;1H/t10-;/m0./s1. The number of hydrogen-bond donors (Lipinski definition) is 1. The Morgan fingerprint density at radius 2 is 1.88 bits per heavy atom. The highest BCUT2D eigenvalue weighted by Gasteiger charge is 2.24. The van der Waals surface area contributed by atoms with Gasteiger partial charge in [-0.2, -0.15) is 0 Å². The van der Waals surface area contributed by atoms with Crippen molar-refractivity contribution in [3.8, 4) is 0 Å². The third kappa shape index (κ3) is 3.61. The third-order valence-electron chi connectivity index (χ3n) is 3.38. The fourth-order valence-corrected chi connectivity index (χ4v) is 2.44. The monoisotopic (exact) mass is 247 g/mol. The van der Waals surface area contributed by atoms with Gasteiger partial charge in [0.05, 0.1) is 6.54 Å². The second kappa shape index (κ2) is 6.42. The molecule has 4 nitrogen and oxygen atoms in total. The molecule has 2 rings (SSSR count). The molecule has 2 fully saturated rings. The zero-order chi connectivity index (χ0) is 10.7. The molecule has 0 aromatic carbocycles. The average Bonchev–Trinajstić information content (AvgIpc) is 2.65. The zero-order valence-electron chi connectivity index (χ0n) is 9.73. The van der Waals surface area contributed by atoms with Gasteiger partial charge in [0.1, 0.15) is 0 Å². The minimum atomic E-state index is 0. The van der Waals surface area contributed by atoms with E-state index in [4.69, 9.17) is 5.73 Å². The van der Waals surface area contributed by atoms with E-state index in [1.165, 1.54) is 19.3 Å². The number of amides is 1. The quantitative estimate of drug-likeness (QED) is 0.771. The van der Waals surface area contributed by atoms with Gasteiger partial charge in [-0.1, -0.05) is 0 Å². The van der Waals surface area contributed by atoms with Gasteiger partial charge in [0.25, 0.3) is 0 Å². The molecule has 5 heteroatoms. The smallest absolute Gasteiger partial charge is 0.236 e. The lowest BCUT2D eigenvalue weighted by Crippen LogP contribution is -2.42. The van der Waals surface area contributed by atoms with Crippen LogP contribution in [0.25, 0.3) is 0 Å². The Balaban J connectivity index is 0.00000128. The van der Waals surface area contributed by atoms with E-state index in [0.717, 1.165) is 32.6 Å². The summed E-state index contributed by atoms with van der Waals surface area (Å²) in [6, 6.07) is 0.277. The summed E-state index contributed by atoms with van der Waals surface area (Å²) in [7, 11) is 0. The van der Waals surface area contributed by atoms with Crippen LogP contribution < -0.4 is 5.73 Å². The van der Waals surface area contributed by atoms with E-state index in [-0.39, 0.29) is 18.4 Å². The fourth-order valence-electron chi connectivity index (χ4n) is 2.44. The average molecular weight is 248 g/mol. The molecule has 2 saturated heterocycles. The number of rotatable bonds is 2. The van der Waals surface area contributed by atoms with Crippen LogP contribution in [0.3, 0.4) is 0 Å². The molecule has 2 N–H and O–H groups in total. The van der Waals surface area contributed by atoms with Crippen molar-refractivity contribution in [1.29, 1.82) is 0 Å². The fraction of sp³-hybridized carbons (Fsp3) is 0.909. The molecule has 0 aromatic rings. The molecular weight excluding hydrogens is 226 g/mol. The second-order valence-electron chi connectivity index (χ2n) is 4.73. The summed E-state index contributed by atoms with van der Waals surface area (Å²) >= 11 is 0. The Morgan fingerprint density at radius 3 is 2.44 bits per heavy atom. The molecular formula is C11H22ClN3O. The normalized spacial score (nSPS) is 26.6. The van der Waals surface area contributed by atoms with Gasteiger partial charge in [-0.05, 0) is 25.7 Å². The predicted octanol–water partition coefficient (Wildman–Crippen LogP) is 0.454. The van der Waals surface area contributed by atoms with Crippen molar-refractivity contribution in [2.24, 2.45) is 5.73 Å². The molecule has 94 valence electrons. The van der Waals surface area contributed by atoms with Crippen LogP contribution in [-0.4, -0.2) is 54.5 Å². The Kier molecular flexibility index (Phi) is 5.52. The zero-order valence-corrected chi connectivity index (χ0v) is 10.5. The van der Waals surface area contributed by atoms with E-state index >= 15 is 0 Å². The summed E-state index contributed by atoms with van der Waals surface area (Å²) in [6.07, 6.45) is 4.65. The number of likely N-dealkylation sites (tertiary alicyclic amines) is 2. The molecule has 2 aliphatic heterocycles. The second-order valence-corrected chi connectivity index (χ2v) is 4.73. The summed E-state index contributed by atoms with van der Waals surface area (Å²) in [4.78, 5) is 16.1. The first-order valence-electron chi connectivity index (χ1n) is 6.01. The lowest BCUT2D eigenvalue weighted by molar-refractivity contribution is -0.133. The Labute approximate surface area is 104 Å². The Morgan fingerprint density at radius 1 is 1.19 bits per heavy atom. The maximum absolute atomic E-state index is 11.9. The topological polar surface area (TPSA) is 49.6 Å². The molecule has 0 radical (unpaired) electrons. The molecule has 1 atom stereocenters. The third-order valence-corrected chi connectivity index (χ3v) is 3.38. The number of nitrogens with two attached hydrogens (primary N) is 1. The minimum absolute atomic E-state index is 0. The van der Waals surface area contributed by atoms with Crippen LogP contribution in [0.4, 0.5) is 0 Å². The number of piperidine rings is 1. The van der Waals surface area contributed by atoms with E-state index in [1.807, 2.05) is 4.90 Å². The Bertz CT molecular complexity index is 231. The highest BCUT2D eigenvalue weighted by atomic mass is 35.5. The molecule has 2 heterocycles. The number of halogens is 1. The summed E-state index contributed by atoms with van der Waals surface area (Å²) in [6.45, 7) is 4.37. The van der Waals surface area contributed by atoms with E-state index < -0.39 is 0 Å². The summed E-state index contributed by atoms with van der Waals surface area (Å²) in [5.41, 5.74) is 5.81. The van der Waals surface area contributed by atoms with Crippen molar-refractivity contribution >= 4 is 18.3 Å². The van der Waals surface area contributed by atoms with Crippen LogP contribution in [0.2, 0.25) is 0 Å². The van der Waals surface area contributed by atoms with Crippen molar-refractivity contribution in [1.82, 2.24) is 9.80 Å². The van der Waals surface area contributed by atoms with Crippen molar-refractivity contribution in [2.75, 3.05) is 32.7 Å². The maximum Gasteiger partial charge on any atom is 0.236 e. The highest BCUT2D eigenvalue weighted by Crippen LogP contribution is 2.11. The summed E-state index contributed by atoms with van der Waals surface area (Å²) in [5.74, 6) is 0.295. The molecule has 0 bridgehead atoms. The van der Waals surface area contributed by atoms with Crippen molar-refractivity contribution in [3.63, 3.8) is 0 Å². The van der Waals surface area contributed by atoms with Crippen molar-refractivity contribution in [3.05, 3.63) is 0 Å². The van der Waals surface area contributed by atoms with Gasteiger partial charge in [-0.15, -0.1) is 12.4 Å². The first kappa shape index (κ1) is 13.7. The molecule has 0 aliphatic carbocycles. The van der Waals surface area contributed by atoms with Crippen LogP contribution in [0, 0.1) is 0 Å². The van der Waals surface area contributed by atoms with Gasteiger partial charge in [-0.3, -0.25) is 9.69 Å². The van der Waals surface area contributed by atoms with Crippen LogP contribution in [0.5, 0.6) is 0 Å². The number of carbonyl (C=O) groups is 1. The van der Waals surface area contributed by atoms with E-state index in [1.54, 1.807) is 0 Å².